The van der Waals surface area contributed by atoms with Crippen molar-refractivity contribution >= 4 is 90.7 Å². The molecule has 0 amide bonds. The molecule has 0 atom stereocenters. The van der Waals surface area contributed by atoms with Crippen molar-refractivity contribution in [1.82, 2.24) is 20.0 Å². The summed E-state index contributed by atoms with van der Waals surface area (Å²) in [5, 5.41) is 40.2. The third-order valence-corrected chi connectivity index (χ3v) is 11.9. The van der Waals surface area contributed by atoms with E-state index in [1.165, 1.54) is 25.1 Å². The summed E-state index contributed by atoms with van der Waals surface area (Å²) in [4.78, 5) is 2.72. The number of nitrogens with two attached hydrogens (primary N) is 1. The van der Waals surface area contributed by atoms with E-state index in [-0.39, 0.29) is 87.2 Å². The maximum atomic E-state index is 12.5. The van der Waals surface area contributed by atoms with Crippen molar-refractivity contribution in [3.05, 3.63) is 48.0 Å². The Labute approximate surface area is 306 Å². The number of nitrogens with one attached hydrogen (secondary N) is 2. The van der Waals surface area contributed by atoms with Gasteiger partial charge >= 0.3 is 0 Å². The number of benzene rings is 3. The Morgan fingerprint density at radius 3 is 2.06 bits per heavy atom. The molecule has 26 heteroatoms. The van der Waals surface area contributed by atoms with Crippen LogP contribution in [0.4, 0.5) is 28.7 Å². The Balaban J connectivity index is 1.57. The number of aliphatic hydroxyl groups excluding tert-OH is 2. The lowest BCUT2D eigenvalue weighted by molar-refractivity contribution is 0.311. The highest BCUT2D eigenvalue weighted by Gasteiger charge is 2.24. The van der Waals surface area contributed by atoms with Gasteiger partial charge in [-0.3, -0.25) is 13.7 Å². The van der Waals surface area contributed by atoms with Gasteiger partial charge in [0.15, 0.2) is 21.5 Å². The molecular formula is C28H31N9O13S4. The number of hydrogen-bond donors (Lipinski definition) is 8. The molecule has 22 nitrogen and oxygen atoms in total. The summed E-state index contributed by atoms with van der Waals surface area (Å²) < 4.78 is 127. The third kappa shape index (κ3) is 8.71. The fraction of sp³-hybridized carbons (Fsp3) is 0.250. The van der Waals surface area contributed by atoms with Gasteiger partial charge in [0.2, 0.25) is 0 Å². The summed E-state index contributed by atoms with van der Waals surface area (Å²) in [7, 11) is -18.6. The summed E-state index contributed by atoms with van der Waals surface area (Å²) >= 11 is 0. The van der Waals surface area contributed by atoms with E-state index in [1.54, 1.807) is 0 Å². The number of sulfone groups is 1. The van der Waals surface area contributed by atoms with Crippen molar-refractivity contribution in [3.8, 4) is 5.69 Å². The van der Waals surface area contributed by atoms with E-state index < -0.39 is 67.2 Å². The number of nitrogens with zero attached hydrogens (tertiary/aromatic N) is 6. The van der Waals surface area contributed by atoms with E-state index in [2.05, 4.69) is 36.0 Å². The number of aliphatic hydroxyl groups is 2. The van der Waals surface area contributed by atoms with E-state index in [9.17, 15) is 52.4 Å². The Morgan fingerprint density at radius 1 is 0.741 bits per heavy atom. The van der Waals surface area contributed by atoms with Crippen LogP contribution in [0, 0.1) is 6.92 Å². The van der Waals surface area contributed by atoms with Gasteiger partial charge in [-0.05, 0) is 43.3 Å². The zero-order chi connectivity index (χ0) is 39.8. The molecule has 5 rings (SSSR count). The Morgan fingerprint density at radius 2 is 1.43 bits per heavy atom. The predicted molar refractivity (Wildman–Crippen MR) is 193 cm³/mol. The topological polar surface area (TPSA) is 356 Å². The van der Waals surface area contributed by atoms with Gasteiger partial charge in [0.25, 0.3) is 30.4 Å². The molecular weight excluding hydrogens is 799 g/mol. The number of hydrogen-bond acceptors (Lipinski definition) is 18. The molecule has 0 spiro atoms. The molecule has 3 aromatic carbocycles. The number of anilines is 3. The normalized spacial score (nSPS) is 12.9. The molecule has 0 aliphatic rings. The first-order valence-electron chi connectivity index (χ1n) is 15.2. The fourth-order valence-corrected chi connectivity index (χ4v) is 7.96. The molecule has 0 fully saturated rings. The van der Waals surface area contributed by atoms with Gasteiger partial charge in [0.05, 0.1) is 41.0 Å². The number of rotatable bonds is 15. The Kier molecular flexibility index (Phi) is 11.2. The average Bonchev–Trinajstić information content (AvgIpc) is 3.52. The van der Waals surface area contributed by atoms with Crippen LogP contribution in [-0.2, 0) is 40.2 Å². The fourth-order valence-electron chi connectivity index (χ4n) is 5.08. The molecule has 2 heterocycles. The lowest BCUT2D eigenvalue weighted by Gasteiger charge is -2.16. The number of nitrogen functional groups attached to an aromatic ring is 1. The molecule has 0 saturated heterocycles. The highest BCUT2D eigenvalue weighted by atomic mass is 32.2. The zero-order valence-electron chi connectivity index (χ0n) is 27.7. The van der Waals surface area contributed by atoms with Crippen LogP contribution >= 0.6 is 0 Å². The molecule has 0 aliphatic heterocycles. The zero-order valence-corrected chi connectivity index (χ0v) is 30.9. The van der Waals surface area contributed by atoms with Gasteiger partial charge in [-0.25, -0.2) is 13.4 Å². The SMILES string of the molecule is Cc1c(N)c(NCCS(=O)(=O)CCO)nc(NCCO)c1N=Nc1ccc(-n2nc3ccc4c(S(=O)(=O)O)cc(S(=O)(=O)O)cc4c3n2)cc1S(=O)(=O)O. The standard InChI is InChI=1S/C28H31N9O13S4/c1-15-24(29)27(31-7-10-51(40,41)11-9-39)32-28(30-6-8-38)25(15)34-33-20-4-2-16(12-23(20)54(48,49)50)37-35-21-5-3-18-19(26(21)36-37)13-17(52(42,43)44)14-22(18)53(45,46)47/h2-5,12-14,38-39H,6-11,29H2,1H3,(H2,30,31,32)(H,42,43,44)(H,45,46,47)(H,48,49,50). The maximum absolute atomic E-state index is 12.5. The van der Waals surface area contributed by atoms with Gasteiger partial charge in [-0.15, -0.1) is 20.4 Å². The molecule has 2 aromatic heterocycles. The summed E-state index contributed by atoms with van der Waals surface area (Å²) in [6.07, 6.45) is 0. The van der Waals surface area contributed by atoms with Crippen molar-refractivity contribution in [3.63, 3.8) is 0 Å². The van der Waals surface area contributed by atoms with E-state index in [0.29, 0.717) is 6.07 Å². The van der Waals surface area contributed by atoms with Crippen LogP contribution in [-0.4, -0.2) is 115 Å². The monoisotopic (exact) mass is 829 g/mol. The molecule has 0 unspecified atom stereocenters. The van der Waals surface area contributed by atoms with Crippen LogP contribution in [0.5, 0.6) is 0 Å². The van der Waals surface area contributed by atoms with E-state index in [1.807, 2.05) is 0 Å². The second kappa shape index (κ2) is 15.1. The molecule has 290 valence electrons. The largest absolute Gasteiger partial charge is 0.395 e. The van der Waals surface area contributed by atoms with Crippen LogP contribution in [0.3, 0.4) is 0 Å². The minimum Gasteiger partial charge on any atom is -0.395 e. The van der Waals surface area contributed by atoms with Crippen LogP contribution in [0.25, 0.3) is 27.5 Å². The Hall–Kier alpha value is -4.93. The van der Waals surface area contributed by atoms with Crippen molar-refractivity contribution in [2.24, 2.45) is 10.2 Å². The van der Waals surface area contributed by atoms with Crippen LogP contribution in [0.15, 0.2) is 67.4 Å². The molecule has 54 heavy (non-hydrogen) atoms. The first kappa shape index (κ1) is 40.3. The van der Waals surface area contributed by atoms with Crippen molar-refractivity contribution < 1.29 is 57.5 Å². The van der Waals surface area contributed by atoms with Crippen molar-refractivity contribution in [1.29, 1.82) is 0 Å². The third-order valence-electron chi connectivity index (χ3n) is 7.68. The van der Waals surface area contributed by atoms with Crippen LogP contribution < -0.4 is 16.4 Å². The molecule has 0 saturated carbocycles. The van der Waals surface area contributed by atoms with Crippen molar-refractivity contribution in [2.75, 3.05) is 54.2 Å². The predicted octanol–water partition coefficient (Wildman–Crippen LogP) is 1.24. The molecule has 9 N–H and O–H groups in total. The number of fused-ring (bicyclic) bond motifs is 3. The quantitative estimate of drug-likeness (QED) is 0.0543. The van der Waals surface area contributed by atoms with Crippen LogP contribution in [0.1, 0.15) is 5.56 Å². The van der Waals surface area contributed by atoms with Gasteiger partial charge in [0.1, 0.15) is 32.2 Å². The molecule has 5 aromatic rings. The average molecular weight is 830 g/mol. The first-order chi connectivity index (χ1) is 25.1. The van der Waals surface area contributed by atoms with E-state index in [0.717, 1.165) is 23.0 Å². The lowest BCUT2D eigenvalue weighted by Crippen LogP contribution is -2.21. The van der Waals surface area contributed by atoms with E-state index >= 15 is 0 Å². The van der Waals surface area contributed by atoms with Gasteiger partial charge in [0, 0.05) is 29.4 Å². The summed E-state index contributed by atoms with van der Waals surface area (Å²) in [6, 6.07) is 7.32. The minimum atomic E-state index is -5.03. The lowest BCUT2D eigenvalue weighted by atomic mass is 10.1. The number of pyridine rings is 1. The smallest absolute Gasteiger partial charge is 0.296 e. The summed E-state index contributed by atoms with van der Waals surface area (Å²) in [6.45, 7) is 0.499. The second-order valence-corrected chi connectivity index (χ2v) is 17.9. The van der Waals surface area contributed by atoms with Crippen molar-refractivity contribution in [2.45, 2.75) is 21.6 Å². The Bertz CT molecular complexity index is 2770. The second-order valence-electron chi connectivity index (χ2n) is 11.4. The molecule has 0 aliphatic carbocycles. The molecule has 0 bridgehead atoms. The van der Waals surface area contributed by atoms with Crippen LogP contribution in [0.2, 0.25) is 0 Å². The molecule has 0 radical (unpaired) electrons. The highest BCUT2D eigenvalue weighted by Crippen LogP contribution is 2.38. The summed E-state index contributed by atoms with van der Waals surface area (Å²) in [5.41, 5.74) is 5.97. The van der Waals surface area contributed by atoms with Gasteiger partial charge in [-0.2, -0.15) is 30.0 Å². The number of aromatic nitrogens is 4. The first-order valence-corrected chi connectivity index (χ1v) is 21.3. The summed E-state index contributed by atoms with van der Waals surface area (Å²) in [5.74, 6) is -0.698. The highest BCUT2D eigenvalue weighted by molar-refractivity contribution is 7.91. The van der Waals surface area contributed by atoms with E-state index in [4.69, 9.17) is 10.8 Å². The van der Waals surface area contributed by atoms with Gasteiger partial charge < -0.3 is 26.6 Å². The number of azo groups is 1. The van der Waals surface area contributed by atoms with Gasteiger partial charge in [-0.1, -0.05) is 6.07 Å². The minimum absolute atomic E-state index is 0.00911. The maximum Gasteiger partial charge on any atom is 0.296 e.